The van der Waals surface area contributed by atoms with Gasteiger partial charge in [-0.25, -0.2) is 0 Å². The third-order valence-electron chi connectivity index (χ3n) is 3.39. The lowest BCUT2D eigenvalue weighted by atomic mass is 10.1. The summed E-state index contributed by atoms with van der Waals surface area (Å²) in [7, 11) is 0. The molecule has 0 bridgehead atoms. The Morgan fingerprint density at radius 3 is 3.00 bits per heavy atom. The molecule has 0 saturated carbocycles. The van der Waals surface area contributed by atoms with E-state index in [2.05, 4.69) is 37.4 Å². The first-order valence-corrected chi connectivity index (χ1v) is 6.84. The maximum atomic E-state index is 5.97. The molecule has 1 aliphatic rings. The van der Waals surface area contributed by atoms with Crippen molar-refractivity contribution in [2.75, 3.05) is 26.4 Å². The van der Waals surface area contributed by atoms with Crippen LogP contribution in [0, 0.1) is 5.92 Å². The second kappa shape index (κ2) is 6.76. The SMILES string of the molecule is CCNC(C)c1ccccc1OCC1CCOC1. The van der Waals surface area contributed by atoms with Crippen LogP contribution in [0.15, 0.2) is 24.3 Å². The van der Waals surface area contributed by atoms with E-state index in [1.54, 1.807) is 0 Å². The second-order valence-corrected chi connectivity index (χ2v) is 4.86. The highest BCUT2D eigenvalue weighted by Crippen LogP contribution is 2.26. The zero-order valence-corrected chi connectivity index (χ0v) is 11.3. The van der Waals surface area contributed by atoms with Gasteiger partial charge in [0.15, 0.2) is 0 Å². The summed E-state index contributed by atoms with van der Waals surface area (Å²) in [6.45, 7) is 7.73. The van der Waals surface area contributed by atoms with Crippen LogP contribution in [-0.4, -0.2) is 26.4 Å². The molecule has 3 nitrogen and oxygen atoms in total. The first-order chi connectivity index (χ1) is 8.81. The van der Waals surface area contributed by atoms with Crippen LogP contribution in [0.2, 0.25) is 0 Å². The van der Waals surface area contributed by atoms with Crippen LogP contribution in [0.1, 0.15) is 31.9 Å². The average Bonchev–Trinajstić information content (AvgIpc) is 2.90. The normalized spacial score (nSPS) is 20.9. The summed E-state index contributed by atoms with van der Waals surface area (Å²) in [6, 6.07) is 8.61. The lowest BCUT2D eigenvalue weighted by Crippen LogP contribution is -2.19. The van der Waals surface area contributed by atoms with Crippen molar-refractivity contribution in [3.8, 4) is 5.75 Å². The van der Waals surface area contributed by atoms with Gasteiger partial charge in [-0.2, -0.15) is 0 Å². The summed E-state index contributed by atoms with van der Waals surface area (Å²) in [5.41, 5.74) is 1.23. The standard InChI is InChI=1S/C15H23NO2/c1-3-16-12(2)14-6-4-5-7-15(14)18-11-13-8-9-17-10-13/h4-7,12-13,16H,3,8-11H2,1-2H3. The molecule has 0 aromatic heterocycles. The van der Waals surface area contributed by atoms with E-state index in [-0.39, 0.29) is 0 Å². The maximum absolute atomic E-state index is 5.97. The second-order valence-electron chi connectivity index (χ2n) is 4.86. The Balaban J connectivity index is 1.97. The summed E-state index contributed by atoms with van der Waals surface area (Å²) in [4.78, 5) is 0. The van der Waals surface area contributed by atoms with Crippen molar-refractivity contribution < 1.29 is 9.47 Å². The van der Waals surface area contributed by atoms with Crippen LogP contribution in [0.4, 0.5) is 0 Å². The van der Waals surface area contributed by atoms with E-state index in [0.717, 1.165) is 38.5 Å². The van der Waals surface area contributed by atoms with E-state index in [9.17, 15) is 0 Å². The molecular formula is C15H23NO2. The molecule has 1 aromatic carbocycles. The van der Waals surface area contributed by atoms with E-state index < -0.39 is 0 Å². The van der Waals surface area contributed by atoms with E-state index in [0.29, 0.717) is 12.0 Å². The molecule has 1 aliphatic heterocycles. The van der Waals surface area contributed by atoms with Gasteiger partial charge in [-0.3, -0.25) is 0 Å². The molecule has 100 valence electrons. The number of rotatable bonds is 6. The quantitative estimate of drug-likeness (QED) is 0.841. The van der Waals surface area contributed by atoms with Gasteiger partial charge < -0.3 is 14.8 Å². The number of hydrogen-bond donors (Lipinski definition) is 1. The minimum Gasteiger partial charge on any atom is -0.493 e. The van der Waals surface area contributed by atoms with Gasteiger partial charge >= 0.3 is 0 Å². The van der Waals surface area contributed by atoms with Gasteiger partial charge in [0.25, 0.3) is 0 Å². The third-order valence-corrected chi connectivity index (χ3v) is 3.39. The molecule has 1 aromatic rings. The van der Waals surface area contributed by atoms with E-state index in [1.165, 1.54) is 5.56 Å². The molecule has 0 radical (unpaired) electrons. The topological polar surface area (TPSA) is 30.5 Å². The van der Waals surface area contributed by atoms with E-state index >= 15 is 0 Å². The number of nitrogens with one attached hydrogen (secondary N) is 1. The van der Waals surface area contributed by atoms with Crippen molar-refractivity contribution in [1.29, 1.82) is 0 Å². The Kier molecular flexibility index (Phi) is 5.02. The van der Waals surface area contributed by atoms with Crippen LogP contribution in [0.5, 0.6) is 5.75 Å². The first-order valence-electron chi connectivity index (χ1n) is 6.84. The van der Waals surface area contributed by atoms with Gasteiger partial charge in [0, 0.05) is 24.1 Å². The van der Waals surface area contributed by atoms with Crippen LogP contribution in [-0.2, 0) is 4.74 Å². The van der Waals surface area contributed by atoms with Crippen LogP contribution < -0.4 is 10.1 Å². The molecule has 3 heteroatoms. The van der Waals surface area contributed by atoms with Crippen LogP contribution in [0.3, 0.4) is 0 Å². The predicted molar refractivity (Wildman–Crippen MR) is 73.0 cm³/mol. The Hall–Kier alpha value is -1.06. The minimum absolute atomic E-state index is 0.325. The molecule has 1 heterocycles. The van der Waals surface area contributed by atoms with Gasteiger partial charge in [-0.1, -0.05) is 25.1 Å². The number of benzene rings is 1. The summed E-state index contributed by atoms with van der Waals surface area (Å²) in [5.74, 6) is 1.55. The van der Waals surface area contributed by atoms with Gasteiger partial charge in [0.1, 0.15) is 5.75 Å². The summed E-state index contributed by atoms with van der Waals surface area (Å²) >= 11 is 0. The van der Waals surface area contributed by atoms with Crippen molar-refractivity contribution in [3.63, 3.8) is 0 Å². The van der Waals surface area contributed by atoms with Crippen LogP contribution in [0.25, 0.3) is 0 Å². The molecule has 0 spiro atoms. The lowest BCUT2D eigenvalue weighted by Gasteiger charge is -2.18. The fourth-order valence-corrected chi connectivity index (χ4v) is 2.31. The molecule has 18 heavy (non-hydrogen) atoms. The van der Waals surface area contributed by atoms with Gasteiger partial charge in [-0.15, -0.1) is 0 Å². The lowest BCUT2D eigenvalue weighted by molar-refractivity contribution is 0.166. The molecule has 1 N–H and O–H groups in total. The average molecular weight is 249 g/mol. The Labute approximate surface area is 109 Å². The maximum Gasteiger partial charge on any atom is 0.124 e. The molecular weight excluding hydrogens is 226 g/mol. The smallest absolute Gasteiger partial charge is 0.124 e. The monoisotopic (exact) mass is 249 g/mol. The van der Waals surface area contributed by atoms with Gasteiger partial charge in [-0.05, 0) is 26.0 Å². The molecule has 1 fully saturated rings. The fourth-order valence-electron chi connectivity index (χ4n) is 2.31. The molecule has 2 rings (SSSR count). The summed E-state index contributed by atoms with van der Waals surface area (Å²) in [5, 5.41) is 3.43. The fraction of sp³-hybridized carbons (Fsp3) is 0.600. The van der Waals surface area contributed by atoms with Crippen molar-refractivity contribution in [3.05, 3.63) is 29.8 Å². The highest BCUT2D eigenvalue weighted by molar-refractivity contribution is 5.35. The summed E-state index contributed by atoms with van der Waals surface area (Å²) in [6.07, 6.45) is 1.12. The Morgan fingerprint density at radius 2 is 2.28 bits per heavy atom. The highest BCUT2D eigenvalue weighted by atomic mass is 16.5. The zero-order valence-electron chi connectivity index (χ0n) is 11.3. The van der Waals surface area contributed by atoms with Crippen molar-refractivity contribution >= 4 is 0 Å². The van der Waals surface area contributed by atoms with Crippen molar-refractivity contribution in [2.45, 2.75) is 26.3 Å². The van der Waals surface area contributed by atoms with Gasteiger partial charge in [0.2, 0.25) is 0 Å². The van der Waals surface area contributed by atoms with Crippen molar-refractivity contribution in [2.24, 2.45) is 5.92 Å². The highest BCUT2D eigenvalue weighted by Gasteiger charge is 2.17. The predicted octanol–water partition coefficient (Wildman–Crippen LogP) is 2.77. The number of para-hydroxylation sites is 1. The van der Waals surface area contributed by atoms with E-state index in [1.807, 2.05) is 6.07 Å². The molecule has 1 saturated heterocycles. The molecule has 0 amide bonds. The number of hydrogen-bond acceptors (Lipinski definition) is 3. The summed E-state index contributed by atoms with van der Waals surface area (Å²) < 4.78 is 11.3. The Bertz CT molecular complexity index is 361. The molecule has 2 unspecified atom stereocenters. The largest absolute Gasteiger partial charge is 0.493 e. The van der Waals surface area contributed by atoms with Gasteiger partial charge in [0.05, 0.1) is 13.2 Å². The third kappa shape index (κ3) is 3.47. The first kappa shape index (κ1) is 13.4. The minimum atomic E-state index is 0.325. The Morgan fingerprint density at radius 1 is 1.44 bits per heavy atom. The van der Waals surface area contributed by atoms with E-state index in [4.69, 9.17) is 9.47 Å². The zero-order chi connectivity index (χ0) is 12.8. The molecule has 0 aliphatic carbocycles. The number of ether oxygens (including phenoxy) is 2. The molecule has 2 atom stereocenters. The van der Waals surface area contributed by atoms with Crippen molar-refractivity contribution in [1.82, 2.24) is 5.32 Å². The van der Waals surface area contributed by atoms with Crippen LogP contribution >= 0.6 is 0 Å².